The van der Waals surface area contributed by atoms with Gasteiger partial charge in [0.25, 0.3) is 0 Å². The summed E-state index contributed by atoms with van der Waals surface area (Å²) < 4.78 is 22.5. The lowest BCUT2D eigenvalue weighted by molar-refractivity contribution is -0.133. The van der Waals surface area contributed by atoms with Crippen LogP contribution in [0, 0.1) is 5.92 Å². The summed E-state index contributed by atoms with van der Waals surface area (Å²) in [6.45, 7) is 8.08. The number of anilines is 2. The maximum Gasteiger partial charge on any atom is 0.245 e. The molecule has 0 radical (unpaired) electrons. The molecule has 0 spiro atoms. The van der Waals surface area contributed by atoms with Crippen molar-refractivity contribution in [2.45, 2.75) is 52.1 Å². The summed E-state index contributed by atoms with van der Waals surface area (Å²) in [5.74, 6) is 1.99. The van der Waals surface area contributed by atoms with E-state index in [-0.39, 0.29) is 23.2 Å². The normalized spacial score (nSPS) is 16.7. The first kappa shape index (κ1) is 35.4. The first-order chi connectivity index (χ1) is 23.6. The molecule has 2 N–H and O–H groups in total. The number of ether oxygens (including phenoxy) is 4. The highest BCUT2D eigenvalue weighted by Crippen LogP contribution is 2.50. The van der Waals surface area contributed by atoms with Crippen LogP contribution in [0.3, 0.4) is 0 Å². The molecule has 1 saturated heterocycles. The van der Waals surface area contributed by atoms with E-state index in [0.29, 0.717) is 67.5 Å². The molecule has 1 heterocycles. The summed E-state index contributed by atoms with van der Waals surface area (Å²) in [6, 6.07) is 14.0. The molecule has 0 saturated carbocycles. The van der Waals surface area contributed by atoms with E-state index in [2.05, 4.69) is 15.5 Å². The average molecular weight is 673 g/mol. The average Bonchev–Trinajstić information content (AvgIpc) is 3.36. The molecule has 0 bridgehead atoms. The van der Waals surface area contributed by atoms with Crippen molar-refractivity contribution in [2.75, 3.05) is 64.8 Å². The lowest BCUT2D eigenvalue weighted by atomic mass is 9.95. The first-order valence-electron chi connectivity index (χ1n) is 16.9. The number of methoxy groups -OCH3 is 4. The van der Waals surface area contributed by atoms with Crippen molar-refractivity contribution >= 4 is 23.2 Å². The van der Waals surface area contributed by atoms with Crippen LogP contribution < -0.4 is 39.9 Å². The second kappa shape index (κ2) is 15.5. The summed E-state index contributed by atoms with van der Waals surface area (Å²) in [5, 5.41) is 6.41. The summed E-state index contributed by atoms with van der Waals surface area (Å²) in [6.07, 6.45) is 1.90. The van der Waals surface area contributed by atoms with Gasteiger partial charge in [-0.25, -0.2) is 0 Å². The number of hydrogen-bond acceptors (Lipinski definition) is 9. The summed E-state index contributed by atoms with van der Waals surface area (Å²) >= 11 is 0. The van der Waals surface area contributed by atoms with Gasteiger partial charge in [0.1, 0.15) is 11.8 Å². The molecule has 3 aromatic rings. The Balaban J connectivity index is 1.49. The second-order valence-corrected chi connectivity index (χ2v) is 12.6. The van der Waals surface area contributed by atoms with Crippen LogP contribution in [0.1, 0.15) is 50.8 Å². The minimum absolute atomic E-state index is 0.0313. The fourth-order valence-electron chi connectivity index (χ4n) is 6.85. The third-order valence-electron chi connectivity index (χ3n) is 9.73. The topological polar surface area (TPSA) is 119 Å². The maximum atomic E-state index is 14.1. The maximum absolute atomic E-state index is 14.1. The predicted octanol–water partition coefficient (Wildman–Crippen LogP) is 5.05. The third-order valence-corrected chi connectivity index (χ3v) is 9.73. The zero-order valence-corrected chi connectivity index (χ0v) is 29.6. The number of rotatable bonds is 11. The zero-order chi connectivity index (χ0) is 35.2. The van der Waals surface area contributed by atoms with Gasteiger partial charge in [-0.05, 0) is 77.9 Å². The molecular weight excluding hydrogens is 624 g/mol. The Morgan fingerprint density at radius 3 is 2.18 bits per heavy atom. The van der Waals surface area contributed by atoms with Gasteiger partial charge >= 0.3 is 0 Å². The minimum Gasteiger partial charge on any atom is -0.497 e. The quantitative estimate of drug-likeness (QED) is 0.289. The van der Waals surface area contributed by atoms with Crippen molar-refractivity contribution in [2.24, 2.45) is 5.92 Å². The lowest BCUT2D eigenvalue weighted by Gasteiger charge is -2.38. The summed E-state index contributed by atoms with van der Waals surface area (Å²) in [4.78, 5) is 44.6. The van der Waals surface area contributed by atoms with E-state index in [4.69, 9.17) is 18.9 Å². The molecule has 2 aliphatic rings. The SMILES string of the molecule is CC[C@H](C)[C@@H](Nc1ccc2c(cc1=O)[C@@H](NC(C)=O)CCc1cc(OC)c(OC)c(OC)c1-2)C(=O)N1CCN(c2ccc(OC)cc2)CC1. The fourth-order valence-corrected chi connectivity index (χ4v) is 6.85. The van der Waals surface area contributed by atoms with Crippen LogP contribution in [0.15, 0.2) is 53.3 Å². The smallest absolute Gasteiger partial charge is 0.245 e. The van der Waals surface area contributed by atoms with Crippen LogP contribution in [0.5, 0.6) is 23.0 Å². The molecule has 0 unspecified atom stereocenters. The monoisotopic (exact) mass is 672 g/mol. The van der Waals surface area contributed by atoms with E-state index in [1.165, 1.54) is 6.92 Å². The standard InChI is InChI=1S/C38H48N4O7/c1-8-23(2)35(38(45)42-19-17-41(18-20-42)26-10-12-27(46-4)13-11-26)40-31-16-14-28-29(22-32(31)44)30(39-24(3)43)15-9-25-21-33(47-5)36(48-6)37(49-7)34(25)28/h10-14,16,21-23,30,35H,8-9,15,17-20H2,1-7H3,(H,39,43)(H,40,44)/t23-,30-,35+/m0/s1. The van der Waals surface area contributed by atoms with Crippen molar-refractivity contribution in [3.63, 3.8) is 0 Å². The zero-order valence-electron chi connectivity index (χ0n) is 29.6. The molecule has 3 aromatic carbocycles. The number of amides is 2. The Kier molecular flexibility index (Phi) is 11.2. The van der Waals surface area contributed by atoms with Gasteiger partial charge in [0.2, 0.25) is 23.0 Å². The number of carbonyl (C=O) groups is 2. The van der Waals surface area contributed by atoms with Crippen molar-refractivity contribution in [3.05, 3.63) is 69.9 Å². The van der Waals surface area contributed by atoms with Crippen LogP contribution in [-0.2, 0) is 16.0 Å². The Labute approximate surface area is 288 Å². The van der Waals surface area contributed by atoms with Crippen LogP contribution in [-0.4, -0.2) is 77.4 Å². The molecule has 1 fully saturated rings. The largest absolute Gasteiger partial charge is 0.497 e. The molecule has 11 heteroatoms. The minimum atomic E-state index is -0.607. The highest BCUT2D eigenvalue weighted by atomic mass is 16.5. The van der Waals surface area contributed by atoms with Crippen molar-refractivity contribution in [3.8, 4) is 34.1 Å². The van der Waals surface area contributed by atoms with Gasteiger partial charge in [0.15, 0.2) is 11.5 Å². The Morgan fingerprint density at radius 1 is 0.898 bits per heavy atom. The first-order valence-corrected chi connectivity index (χ1v) is 16.9. The highest BCUT2D eigenvalue weighted by Gasteiger charge is 2.33. The second-order valence-electron chi connectivity index (χ2n) is 12.6. The van der Waals surface area contributed by atoms with Gasteiger partial charge in [-0.15, -0.1) is 0 Å². The van der Waals surface area contributed by atoms with E-state index in [1.807, 2.05) is 55.1 Å². The van der Waals surface area contributed by atoms with E-state index in [1.54, 1.807) is 40.6 Å². The van der Waals surface area contributed by atoms with Crippen LogP contribution >= 0.6 is 0 Å². The number of hydrogen-bond donors (Lipinski definition) is 2. The van der Waals surface area contributed by atoms with Crippen LogP contribution in [0.25, 0.3) is 11.1 Å². The molecule has 2 amide bonds. The van der Waals surface area contributed by atoms with Crippen molar-refractivity contribution < 1.29 is 28.5 Å². The third kappa shape index (κ3) is 7.40. The van der Waals surface area contributed by atoms with E-state index >= 15 is 0 Å². The number of piperazine rings is 1. The molecule has 5 rings (SSSR count). The highest BCUT2D eigenvalue weighted by molar-refractivity contribution is 5.86. The van der Waals surface area contributed by atoms with E-state index in [9.17, 15) is 14.4 Å². The van der Waals surface area contributed by atoms with Gasteiger partial charge in [-0.2, -0.15) is 0 Å². The number of nitrogens with one attached hydrogen (secondary N) is 2. The Morgan fingerprint density at radius 2 is 1.59 bits per heavy atom. The number of fused-ring (bicyclic) bond motifs is 3. The number of nitrogens with zero attached hydrogens (tertiary/aromatic N) is 2. The predicted molar refractivity (Wildman–Crippen MR) is 191 cm³/mol. The summed E-state index contributed by atoms with van der Waals surface area (Å²) in [7, 11) is 6.35. The van der Waals surface area contributed by atoms with E-state index < -0.39 is 12.1 Å². The van der Waals surface area contributed by atoms with Gasteiger partial charge in [0.05, 0.1) is 40.2 Å². The molecular formula is C38H48N4O7. The molecule has 1 aliphatic heterocycles. The number of benzene rings is 2. The summed E-state index contributed by atoms with van der Waals surface area (Å²) in [5.41, 5.74) is 4.24. The fraction of sp³-hybridized carbons (Fsp3) is 0.447. The van der Waals surface area contributed by atoms with Crippen LogP contribution in [0.4, 0.5) is 11.4 Å². The Bertz CT molecular complexity index is 1720. The van der Waals surface area contributed by atoms with Crippen molar-refractivity contribution in [1.82, 2.24) is 10.2 Å². The van der Waals surface area contributed by atoms with Gasteiger partial charge < -0.3 is 39.4 Å². The molecule has 262 valence electrons. The molecule has 49 heavy (non-hydrogen) atoms. The van der Waals surface area contributed by atoms with Crippen LogP contribution in [0.2, 0.25) is 0 Å². The Hall–Kier alpha value is -4.93. The lowest BCUT2D eigenvalue weighted by Crippen LogP contribution is -2.54. The molecule has 3 atom stereocenters. The number of carbonyl (C=O) groups excluding carboxylic acids is 2. The molecule has 1 aliphatic carbocycles. The van der Waals surface area contributed by atoms with E-state index in [0.717, 1.165) is 34.5 Å². The van der Waals surface area contributed by atoms with Gasteiger partial charge in [0, 0.05) is 44.4 Å². The van der Waals surface area contributed by atoms with Crippen molar-refractivity contribution in [1.29, 1.82) is 0 Å². The molecule has 11 nitrogen and oxygen atoms in total. The number of aryl methyl sites for hydroxylation is 1. The molecule has 0 aromatic heterocycles. The van der Waals surface area contributed by atoms with Gasteiger partial charge in [-0.1, -0.05) is 26.3 Å². The van der Waals surface area contributed by atoms with Gasteiger partial charge in [-0.3, -0.25) is 14.4 Å².